The molecule has 0 N–H and O–H groups in total. The summed E-state index contributed by atoms with van der Waals surface area (Å²) in [5, 5.41) is 36.4. The molecule has 0 spiro atoms. The van der Waals surface area contributed by atoms with E-state index in [2.05, 4.69) is 6.07 Å². The molecule has 1 aromatic rings. The molecule has 3 nitrogen and oxygen atoms in total. The molecule has 0 aromatic heterocycles. The fourth-order valence-electron chi connectivity index (χ4n) is 2.32. The summed E-state index contributed by atoms with van der Waals surface area (Å²) in [4.78, 5) is 0. The second-order valence-electron chi connectivity index (χ2n) is 4.79. The summed E-state index contributed by atoms with van der Waals surface area (Å²) in [6.45, 7) is 0. The molecule has 0 amide bonds. The van der Waals surface area contributed by atoms with Gasteiger partial charge in [0.15, 0.2) is 0 Å². The minimum absolute atomic E-state index is 0.119. The number of benzene rings is 1. The molecule has 0 radical (unpaired) electrons. The predicted molar refractivity (Wildman–Crippen MR) is 113 cm³/mol. The van der Waals surface area contributed by atoms with Crippen molar-refractivity contribution in [2.75, 3.05) is 0 Å². The molecule has 0 bridgehead atoms. The number of thioether (sulfide) groups is 4. The highest BCUT2D eigenvalue weighted by molar-refractivity contribution is 8.28. The molecular formula is C19H9N3S4. The van der Waals surface area contributed by atoms with E-state index in [4.69, 9.17) is 0 Å². The van der Waals surface area contributed by atoms with Gasteiger partial charge < -0.3 is 0 Å². The third-order valence-electron chi connectivity index (χ3n) is 3.37. The summed E-state index contributed by atoms with van der Waals surface area (Å²) in [5.74, 6) is 0. The lowest BCUT2D eigenvalue weighted by Crippen LogP contribution is -2.00. The summed E-state index contributed by atoms with van der Waals surface area (Å²) in [7, 11) is 0. The van der Waals surface area contributed by atoms with Gasteiger partial charge >= 0.3 is 0 Å². The average molecular weight is 408 g/mol. The van der Waals surface area contributed by atoms with E-state index in [9.17, 15) is 15.8 Å². The topological polar surface area (TPSA) is 71.4 Å². The van der Waals surface area contributed by atoms with Crippen LogP contribution < -0.4 is 0 Å². The number of rotatable bonds is 3. The first-order valence-corrected chi connectivity index (χ1v) is 10.8. The van der Waals surface area contributed by atoms with E-state index in [0.717, 1.165) is 19.6 Å². The van der Waals surface area contributed by atoms with Gasteiger partial charge in [-0.25, -0.2) is 0 Å². The van der Waals surface area contributed by atoms with Crippen LogP contribution in [0.3, 0.4) is 0 Å². The van der Waals surface area contributed by atoms with Gasteiger partial charge in [-0.2, -0.15) is 15.8 Å². The molecule has 0 unspecified atom stereocenters. The zero-order chi connectivity index (χ0) is 18.4. The Hall–Kier alpha value is -2.21. The first-order valence-electron chi connectivity index (χ1n) is 7.26. The van der Waals surface area contributed by atoms with Crippen LogP contribution in [0.25, 0.3) is 5.57 Å². The molecule has 7 heteroatoms. The lowest BCUT2D eigenvalue weighted by Gasteiger charge is -2.17. The molecule has 26 heavy (non-hydrogen) atoms. The quantitative estimate of drug-likeness (QED) is 0.542. The first-order chi connectivity index (χ1) is 12.8. The maximum Gasteiger partial charge on any atom is 0.148 e. The highest BCUT2D eigenvalue weighted by atomic mass is 32.2. The summed E-state index contributed by atoms with van der Waals surface area (Å²) in [5.41, 5.74) is 2.43. The molecule has 124 valence electrons. The van der Waals surface area contributed by atoms with E-state index in [1.54, 1.807) is 23.5 Å². The Bertz CT molecular complexity index is 974. The second-order valence-corrected chi connectivity index (χ2v) is 8.97. The highest BCUT2D eigenvalue weighted by Crippen LogP contribution is 2.51. The molecular weight excluding hydrogens is 398 g/mol. The van der Waals surface area contributed by atoms with Crippen LogP contribution in [-0.2, 0) is 0 Å². The van der Waals surface area contributed by atoms with Crippen molar-refractivity contribution < 1.29 is 0 Å². The Morgan fingerprint density at radius 3 is 1.73 bits per heavy atom. The Balaban J connectivity index is 2.34. The van der Waals surface area contributed by atoms with Crippen LogP contribution in [0.15, 0.2) is 77.2 Å². The van der Waals surface area contributed by atoms with Gasteiger partial charge in [-0.1, -0.05) is 77.4 Å². The van der Waals surface area contributed by atoms with Crippen molar-refractivity contribution >= 4 is 52.6 Å². The largest absolute Gasteiger partial charge is 0.192 e. The van der Waals surface area contributed by atoms with Crippen LogP contribution >= 0.6 is 47.0 Å². The second kappa shape index (κ2) is 8.94. The molecule has 2 heterocycles. The molecule has 0 atom stereocenters. The molecule has 0 saturated heterocycles. The Labute approximate surface area is 168 Å². The lowest BCUT2D eigenvalue weighted by molar-refractivity contribution is 1.40. The van der Waals surface area contributed by atoms with Crippen molar-refractivity contribution in [3.63, 3.8) is 0 Å². The van der Waals surface area contributed by atoms with E-state index < -0.39 is 0 Å². The smallest absolute Gasteiger partial charge is 0.148 e. The van der Waals surface area contributed by atoms with Gasteiger partial charge in [-0.15, -0.1) is 0 Å². The van der Waals surface area contributed by atoms with Crippen molar-refractivity contribution in [1.29, 1.82) is 15.8 Å². The predicted octanol–water partition coefficient (Wildman–Crippen LogP) is 6.34. The zero-order valence-corrected chi connectivity index (χ0v) is 16.4. The van der Waals surface area contributed by atoms with E-state index in [0.29, 0.717) is 5.57 Å². The average Bonchev–Trinajstić information content (AvgIpc) is 3.39. The van der Waals surface area contributed by atoms with Gasteiger partial charge in [0.25, 0.3) is 0 Å². The monoisotopic (exact) mass is 407 g/mol. The summed E-state index contributed by atoms with van der Waals surface area (Å²) in [6, 6.07) is 15.6. The van der Waals surface area contributed by atoms with Crippen molar-refractivity contribution in [2.24, 2.45) is 0 Å². The molecule has 3 rings (SSSR count). The fraction of sp³-hybridized carbons (Fsp3) is 0. The van der Waals surface area contributed by atoms with Gasteiger partial charge in [0.05, 0.1) is 14.0 Å². The normalized spacial score (nSPS) is 14.5. The SMILES string of the molecule is N#CC(C#N)=C(C#N)C(=C1SC=CS1)C(=C1SC=CS1)c1ccccc1. The maximum absolute atomic E-state index is 9.79. The van der Waals surface area contributed by atoms with E-state index >= 15 is 0 Å². The highest BCUT2D eigenvalue weighted by Gasteiger charge is 2.26. The van der Waals surface area contributed by atoms with Crippen LogP contribution in [0, 0.1) is 34.0 Å². The van der Waals surface area contributed by atoms with Crippen molar-refractivity contribution in [2.45, 2.75) is 0 Å². The van der Waals surface area contributed by atoms with Crippen LogP contribution in [0.2, 0.25) is 0 Å². The fourth-order valence-corrected chi connectivity index (χ4v) is 6.14. The van der Waals surface area contributed by atoms with Crippen molar-refractivity contribution in [3.8, 4) is 18.2 Å². The number of nitriles is 3. The Morgan fingerprint density at radius 2 is 1.23 bits per heavy atom. The van der Waals surface area contributed by atoms with Crippen LogP contribution in [0.4, 0.5) is 0 Å². The molecule has 2 aliphatic heterocycles. The van der Waals surface area contributed by atoms with Crippen LogP contribution in [-0.4, -0.2) is 0 Å². The van der Waals surface area contributed by atoms with Gasteiger partial charge in [0, 0.05) is 11.1 Å². The van der Waals surface area contributed by atoms with Gasteiger partial charge in [-0.05, 0) is 27.2 Å². The van der Waals surface area contributed by atoms with E-state index in [1.165, 1.54) is 23.5 Å². The van der Waals surface area contributed by atoms with Gasteiger partial charge in [0.2, 0.25) is 0 Å². The Morgan fingerprint density at radius 1 is 0.692 bits per heavy atom. The number of allylic oxidation sites excluding steroid dienone is 4. The van der Waals surface area contributed by atoms with Crippen LogP contribution in [0.5, 0.6) is 0 Å². The standard InChI is InChI=1S/C19H9N3S4/c20-10-14(11-21)15(12-22)17(19-25-8-9-26-19)16(18-23-6-7-24-18)13-4-2-1-3-5-13/h1-9H. The minimum atomic E-state index is -0.168. The Kier molecular flexibility index (Phi) is 6.39. The van der Waals surface area contributed by atoms with E-state index in [1.807, 2.05) is 64.1 Å². The first kappa shape index (κ1) is 18.6. The minimum Gasteiger partial charge on any atom is -0.192 e. The molecule has 0 saturated carbocycles. The lowest BCUT2D eigenvalue weighted by atomic mass is 9.92. The molecule has 0 fully saturated rings. The number of hydrogen-bond acceptors (Lipinski definition) is 7. The van der Waals surface area contributed by atoms with Gasteiger partial charge in [-0.3, -0.25) is 0 Å². The van der Waals surface area contributed by atoms with Crippen LogP contribution in [0.1, 0.15) is 5.56 Å². The third-order valence-corrected chi connectivity index (χ3v) is 7.63. The number of nitrogens with zero attached hydrogens (tertiary/aromatic N) is 3. The molecule has 0 aliphatic carbocycles. The van der Waals surface area contributed by atoms with E-state index in [-0.39, 0.29) is 11.1 Å². The number of hydrogen-bond donors (Lipinski definition) is 0. The summed E-state index contributed by atoms with van der Waals surface area (Å²) >= 11 is 6.16. The summed E-state index contributed by atoms with van der Waals surface area (Å²) in [6.07, 6.45) is 0. The molecule has 1 aromatic carbocycles. The van der Waals surface area contributed by atoms with Gasteiger partial charge in [0.1, 0.15) is 23.8 Å². The van der Waals surface area contributed by atoms with Crippen molar-refractivity contribution in [1.82, 2.24) is 0 Å². The summed E-state index contributed by atoms with van der Waals surface area (Å²) < 4.78 is 1.92. The van der Waals surface area contributed by atoms with Crippen molar-refractivity contribution in [3.05, 3.63) is 82.7 Å². The third kappa shape index (κ3) is 3.80. The zero-order valence-electron chi connectivity index (χ0n) is 13.2. The molecule has 2 aliphatic rings. The maximum atomic E-state index is 9.79.